The molecule has 1 aromatic carbocycles. The van der Waals surface area contributed by atoms with Crippen molar-refractivity contribution in [1.82, 2.24) is 9.13 Å². The Hall–Kier alpha value is -2.33. The van der Waals surface area contributed by atoms with E-state index in [-0.39, 0.29) is 5.56 Å². The number of hydrogen-bond acceptors (Lipinski definition) is 4. The highest BCUT2D eigenvalue weighted by molar-refractivity contribution is 9.10. The number of anilines is 1. The zero-order valence-electron chi connectivity index (χ0n) is 15.1. The summed E-state index contributed by atoms with van der Waals surface area (Å²) in [7, 11) is 3.01. The highest BCUT2D eigenvalue weighted by Crippen LogP contribution is 2.32. The van der Waals surface area contributed by atoms with Crippen molar-refractivity contribution in [3.05, 3.63) is 60.2 Å². The van der Waals surface area contributed by atoms with Gasteiger partial charge in [0.05, 0.1) is 0 Å². The Balaban J connectivity index is 1.89. The third-order valence-corrected chi connectivity index (χ3v) is 6.08. The maximum absolute atomic E-state index is 12.3. The van der Waals surface area contributed by atoms with E-state index >= 15 is 0 Å². The number of nitrogens with zero attached hydrogens (tertiary/aromatic N) is 4. The molecule has 1 fully saturated rings. The van der Waals surface area contributed by atoms with Crippen LogP contribution in [-0.4, -0.2) is 22.2 Å². The van der Waals surface area contributed by atoms with Crippen LogP contribution in [0.5, 0.6) is 0 Å². The lowest BCUT2D eigenvalue weighted by atomic mass is 9.88. The normalized spacial score (nSPS) is 15.1. The first-order valence-electron chi connectivity index (χ1n) is 8.56. The van der Waals surface area contributed by atoms with Gasteiger partial charge in [0.1, 0.15) is 11.9 Å². The molecule has 1 aliphatic rings. The monoisotopic (exact) mass is 416 g/mol. The van der Waals surface area contributed by atoms with Crippen molar-refractivity contribution in [3.63, 3.8) is 0 Å². The third-order valence-electron chi connectivity index (χ3n) is 5.19. The van der Waals surface area contributed by atoms with Crippen LogP contribution < -0.4 is 16.1 Å². The van der Waals surface area contributed by atoms with Crippen molar-refractivity contribution in [1.29, 1.82) is 5.26 Å². The van der Waals surface area contributed by atoms with Gasteiger partial charge in [0.15, 0.2) is 5.56 Å². The number of aromatic nitrogens is 2. The maximum Gasteiger partial charge on any atom is 0.332 e. The molecule has 6 nitrogen and oxygen atoms in total. The van der Waals surface area contributed by atoms with Gasteiger partial charge in [-0.2, -0.15) is 5.26 Å². The highest BCUT2D eigenvalue weighted by Gasteiger charge is 2.26. The van der Waals surface area contributed by atoms with E-state index in [0.29, 0.717) is 24.8 Å². The number of nitriles is 1. The Labute approximate surface area is 160 Å². The summed E-state index contributed by atoms with van der Waals surface area (Å²) in [6.45, 7) is 3.49. The van der Waals surface area contributed by atoms with Crippen molar-refractivity contribution >= 4 is 21.7 Å². The largest absolute Gasteiger partial charge is 0.357 e. The zero-order chi connectivity index (χ0) is 19.0. The summed E-state index contributed by atoms with van der Waals surface area (Å²) in [5, 5.41) is 9.45. The molecule has 0 bridgehead atoms. The van der Waals surface area contributed by atoms with Gasteiger partial charge in [0, 0.05) is 31.7 Å². The van der Waals surface area contributed by atoms with Crippen molar-refractivity contribution < 1.29 is 0 Å². The number of halogens is 1. The van der Waals surface area contributed by atoms with Gasteiger partial charge >= 0.3 is 5.69 Å². The van der Waals surface area contributed by atoms with Gasteiger partial charge in [-0.3, -0.25) is 13.9 Å². The fourth-order valence-electron chi connectivity index (χ4n) is 3.65. The van der Waals surface area contributed by atoms with Crippen molar-refractivity contribution in [3.8, 4) is 6.07 Å². The van der Waals surface area contributed by atoms with Crippen LogP contribution in [0.15, 0.2) is 32.3 Å². The van der Waals surface area contributed by atoms with E-state index in [1.54, 1.807) is 7.05 Å². The summed E-state index contributed by atoms with van der Waals surface area (Å²) in [5.41, 5.74) is 1.62. The van der Waals surface area contributed by atoms with Crippen LogP contribution in [0.25, 0.3) is 0 Å². The first-order chi connectivity index (χ1) is 12.3. The summed E-state index contributed by atoms with van der Waals surface area (Å²) < 4.78 is 3.50. The number of benzene rings is 1. The topological polar surface area (TPSA) is 71.0 Å². The van der Waals surface area contributed by atoms with Crippen molar-refractivity contribution in [2.45, 2.75) is 25.7 Å². The van der Waals surface area contributed by atoms with Gasteiger partial charge in [-0.15, -0.1) is 0 Å². The van der Waals surface area contributed by atoms with Crippen LogP contribution in [-0.2, 0) is 14.1 Å². The minimum Gasteiger partial charge on any atom is -0.357 e. The Morgan fingerprint density at radius 3 is 2.38 bits per heavy atom. The summed E-state index contributed by atoms with van der Waals surface area (Å²) in [6, 6.07) is 8.42. The predicted octanol–water partition coefficient (Wildman–Crippen LogP) is 2.41. The molecule has 3 rings (SSSR count). The van der Waals surface area contributed by atoms with Crippen LogP contribution in [0, 0.1) is 18.3 Å². The molecule has 0 radical (unpaired) electrons. The molecule has 7 heteroatoms. The summed E-state index contributed by atoms with van der Waals surface area (Å²) >= 11 is 3.53. The molecule has 0 unspecified atom stereocenters. The summed E-state index contributed by atoms with van der Waals surface area (Å²) in [4.78, 5) is 26.5. The smallest absolute Gasteiger partial charge is 0.332 e. The van der Waals surface area contributed by atoms with Gasteiger partial charge in [-0.05, 0) is 42.9 Å². The molecule has 0 atom stereocenters. The van der Waals surface area contributed by atoms with Crippen molar-refractivity contribution in [2.24, 2.45) is 14.1 Å². The summed E-state index contributed by atoms with van der Waals surface area (Å²) in [5.74, 6) is 0.873. The standard InChI is InChI=1S/C19H21BrN4O2/c1-12-10-14(4-5-16(12)20)13-6-8-24(9-7-13)17-15(11-21)18(25)23(3)19(26)22(17)2/h4-5,10,13H,6-9H2,1-3H3. The second-order valence-corrected chi connectivity index (χ2v) is 7.64. The third kappa shape index (κ3) is 3.10. The molecule has 0 saturated carbocycles. The lowest BCUT2D eigenvalue weighted by molar-refractivity contribution is 0.494. The van der Waals surface area contributed by atoms with Crippen LogP contribution in [0.4, 0.5) is 5.82 Å². The van der Waals surface area contributed by atoms with Gasteiger partial charge in [0.25, 0.3) is 5.56 Å². The number of piperidine rings is 1. The first kappa shape index (κ1) is 18.5. The SMILES string of the molecule is Cc1cc(C2CCN(c3c(C#N)c(=O)n(C)c(=O)n3C)CC2)ccc1Br. The average Bonchev–Trinajstić information content (AvgIpc) is 2.65. The minimum atomic E-state index is -0.531. The van der Waals surface area contributed by atoms with Gasteiger partial charge in [-0.1, -0.05) is 28.1 Å². The van der Waals surface area contributed by atoms with E-state index in [4.69, 9.17) is 0 Å². The Bertz CT molecular complexity index is 1010. The number of hydrogen-bond donors (Lipinski definition) is 0. The van der Waals surface area contributed by atoms with E-state index in [9.17, 15) is 14.9 Å². The molecule has 0 N–H and O–H groups in total. The molecule has 2 heterocycles. The molecule has 0 aliphatic carbocycles. The maximum atomic E-state index is 12.3. The number of aryl methyl sites for hydroxylation is 1. The van der Waals surface area contributed by atoms with E-state index in [1.165, 1.54) is 22.7 Å². The predicted molar refractivity (Wildman–Crippen MR) is 105 cm³/mol. The van der Waals surface area contributed by atoms with Crippen LogP contribution in [0.2, 0.25) is 0 Å². The van der Waals surface area contributed by atoms with E-state index < -0.39 is 11.2 Å². The first-order valence-corrected chi connectivity index (χ1v) is 9.35. The molecule has 1 aliphatic heterocycles. The second kappa shape index (κ2) is 7.12. The van der Waals surface area contributed by atoms with Crippen LogP contribution >= 0.6 is 15.9 Å². The molecule has 1 aromatic heterocycles. The summed E-state index contributed by atoms with van der Waals surface area (Å²) in [6.07, 6.45) is 1.82. The molecule has 136 valence electrons. The van der Waals surface area contributed by atoms with E-state index in [2.05, 4.69) is 41.1 Å². The molecule has 26 heavy (non-hydrogen) atoms. The Kier molecular flexibility index (Phi) is 5.05. The molecule has 0 spiro atoms. The Morgan fingerprint density at radius 2 is 1.81 bits per heavy atom. The minimum absolute atomic E-state index is 0.0348. The molecule has 1 saturated heterocycles. The number of rotatable bonds is 2. The lowest BCUT2D eigenvalue weighted by Gasteiger charge is -2.35. The molecule has 0 amide bonds. The lowest BCUT2D eigenvalue weighted by Crippen LogP contribution is -2.44. The average molecular weight is 417 g/mol. The highest BCUT2D eigenvalue weighted by atomic mass is 79.9. The molecular formula is C19H21BrN4O2. The van der Waals surface area contributed by atoms with Gasteiger partial charge in [-0.25, -0.2) is 4.79 Å². The second-order valence-electron chi connectivity index (χ2n) is 6.79. The fourth-order valence-corrected chi connectivity index (χ4v) is 3.89. The molecule has 2 aromatic rings. The fraction of sp³-hybridized carbons (Fsp3) is 0.421. The zero-order valence-corrected chi connectivity index (χ0v) is 16.7. The molecular weight excluding hydrogens is 396 g/mol. The van der Waals surface area contributed by atoms with E-state index in [0.717, 1.165) is 21.9 Å². The van der Waals surface area contributed by atoms with Crippen LogP contribution in [0.3, 0.4) is 0 Å². The van der Waals surface area contributed by atoms with E-state index in [1.807, 2.05) is 11.0 Å². The Morgan fingerprint density at radius 1 is 1.15 bits per heavy atom. The van der Waals surface area contributed by atoms with Crippen molar-refractivity contribution in [2.75, 3.05) is 18.0 Å². The van der Waals surface area contributed by atoms with Gasteiger partial charge in [0.2, 0.25) is 0 Å². The van der Waals surface area contributed by atoms with Crippen LogP contribution in [0.1, 0.15) is 35.4 Å². The quantitative estimate of drug-likeness (QED) is 0.753. The van der Waals surface area contributed by atoms with Gasteiger partial charge < -0.3 is 4.90 Å².